The van der Waals surface area contributed by atoms with Gasteiger partial charge in [-0.1, -0.05) is 18.2 Å². The number of fused-ring (bicyclic) bond motifs is 1. The van der Waals surface area contributed by atoms with E-state index in [-0.39, 0.29) is 19.0 Å². The fourth-order valence-electron chi connectivity index (χ4n) is 1.98. The van der Waals surface area contributed by atoms with Gasteiger partial charge in [-0.05, 0) is 29.4 Å². The minimum absolute atomic E-state index is 0.178. The zero-order valence-electron chi connectivity index (χ0n) is 11.1. The van der Waals surface area contributed by atoms with Gasteiger partial charge < -0.3 is 10.4 Å². The van der Waals surface area contributed by atoms with E-state index in [1.807, 2.05) is 24.1 Å². The van der Waals surface area contributed by atoms with Crippen LogP contribution in [0.1, 0.15) is 5.56 Å². The van der Waals surface area contributed by atoms with E-state index >= 15 is 0 Å². The molecule has 0 fully saturated rings. The van der Waals surface area contributed by atoms with E-state index in [4.69, 9.17) is 5.11 Å². The van der Waals surface area contributed by atoms with Gasteiger partial charge in [0.1, 0.15) is 6.54 Å². The molecule has 0 saturated carbocycles. The average molecular weight is 292 g/mol. The minimum atomic E-state index is -1.04. The Balaban J connectivity index is 1.92. The van der Waals surface area contributed by atoms with Crippen molar-refractivity contribution in [1.29, 1.82) is 0 Å². The van der Waals surface area contributed by atoms with Gasteiger partial charge in [0.15, 0.2) is 0 Å². The zero-order valence-corrected chi connectivity index (χ0v) is 11.9. The number of hydrogen-bond acceptors (Lipinski definition) is 4. The lowest BCUT2D eigenvalue weighted by atomic mass is 10.2. The maximum Gasteiger partial charge on any atom is 0.322 e. The average Bonchev–Trinajstić information content (AvgIpc) is 2.80. The summed E-state index contributed by atoms with van der Waals surface area (Å²) < 4.78 is 1.23. The number of rotatable bonds is 6. The van der Waals surface area contributed by atoms with Crippen LogP contribution in [0.5, 0.6) is 0 Å². The number of amides is 1. The summed E-state index contributed by atoms with van der Waals surface area (Å²) in [6.45, 7) is 0.496. The lowest BCUT2D eigenvalue weighted by Crippen LogP contribution is -2.37. The van der Waals surface area contributed by atoms with Crippen LogP contribution in [0, 0.1) is 0 Å². The van der Waals surface area contributed by atoms with E-state index in [1.165, 1.54) is 15.6 Å². The summed E-state index contributed by atoms with van der Waals surface area (Å²) >= 11 is 1.68. The van der Waals surface area contributed by atoms with Gasteiger partial charge in [-0.15, -0.1) is 11.3 Å². The first-order valence-electron chi connectivity index (χ1n) is 6.18. The van der Waals surface area contributed by atoms with E-state index in [2.05, 4.69) is 22.8 Å². The van der Waals surface area contributed by atoms with E-state index in [1.54, 1.807) is 11.3 Å². The third-order valence-electron chi connectivity index (χ3n) is 2.85. The molecule has 20 heavy (non-hydrogen) atoms. The first kappa shape index (κ1) is 14.5. The van der Waals surface area contributed by atoms with E-state index in [9.17, 15) is 9.59 Å². The number of nitrogens with zero attached hydrogens (tertiary/aromatic N) is 1. The molecule has 2 N–H and O–H groups in total. The number of carboxylic acid groups (broad SMARTS) is 1. The van der Waals surface area contributed by atoms with Crippen LogP contribution in [0.4, 0.5) is 0 Å². The Morgan fingerprint density at radius 1 is 1.35 bits per heavy atom. The molecule has 6 heteroatoms. The Kier molecular flexibility index (Phi) is 4.70. The summed E-state index contributed by atoms with van der Waals surface area (Å²) in [5, 5.41) is 14.1. The second-order valence-electron chi connectivity index (χ2n) is 4.60. The first-order valence-corrected chi connectivity index (χ1v) is 7.06. The molecule has 0 unspecified atom stereocenters. The number of aliphatic carboxylic acids is 1. The minimum Gasteiger partial charge on any atom is -0.480 e. The van der Waals surface area contributed by atoms with Crippen molar-refractivity contribution < 1.29 is 14.7 Å². The van der Waals surface area contributed by atoms with Crippen LogP contribution < -0.4 is 5.32 Å². The monoisotopic (exact) mass is 292 g/mol. The molecule has 106 valence electrons. The van der Waals surface area contributed by atoms with Gasteiger partial charge in [-0.25, -0.2) is 0 Å². The highest BCUT2D eigenvalue weighted by molar-refractivity contribution is 7.17. The van der Waals surface area contributed by atoms with Crippen LogP contribution >= 0.6 is 11.3 Å². The number of likely N-dealkylation sites (N-methyl/N-ethyl adjacent to an activating group) is 1. The molecule has 0 aliphatic heterocycles. The number of carbonyl (C=O) groups excluding carboxylic acids is 1. The lowest BCUT2D eigenvalue weighted by molar-refractivity contribution is -0.138. The predicted octanol–water partition coefficient (Wildman–Crippen LogP) is 1.53. The molecule has 0 bridgehead atoms. The van der Waals surface area contributed by atoms with Crippen molar-refractivity contribution in [1.82, 2.24) is 10.2 Å². The van der Waals surface area contributed by atoms with Crippen molar-refractivity contribution in [2.75, 3.05) is 20.1 Å². The normalized spacial score (nSPS) is 10.9. The maximum absolute atomic E-state index is 11.5. The molecular weight excluding hydrogens is 276 g/mol. The number of thiophene rings is 1. The van der Waals surface area contributed by atoms with Gasteiger partial charge >= 0.3 is 5.97 Å². The molecule has 5 nitrogen and oxygen atoms in total. The molecule has 0 aliphatic carbocycles. The molecule has 2 rings (SSSR count). The highest BCUT2D eigenvalue weighted by Gasteiger charge is 2.10. The second-order valence-corrected chi connectivity index (χ2v) is 5.51. The number of carboxylic acids is 1. The van der Waals surface area contributed by atoms with Crippen molar-refractivity contribution in [2.24, 2.45) is 0 Å². The number of carbonyl (C=O) groups is 2. The van der Waals surface area contributed by atoms with Crippen molar-refractivity contribution in [3.8, 4) is 0 Å². The SMILES string of the molecule is CN(CC(=O)NCC(=O)O)Cc1csc2ccccc12. The van der Waals surface area contributed by atoms with E-state index in [0.29, 0.717) is 6.54 Å². The molecule has 1 amide bonds. The maximum atomic E-state index is 11.5. The summed E-state index contributed by atoms with van der Waals surface area (Å²) in [6, 6.07) is 8.15. The van der Waals surface area contributed by atoms with Gasteiger partial charge in [0.25, 0.3) is 0 Å². The highest BCUT2D eigenvalue weighted by atomic mass is 32.1. The summed E-state index contributed by atoms with van der Waals surface area (Å²) in [6.07, 6.45) is 0. The van der Waals surface area contributed by atoms with Gasteiger partial charge in [-0.2, -0.15) is 0 Å². The van der Waals surface area contributed by atoms with Gasteiger partial charge in [0, 0.05) is 11.2 Å². The Morgan fingerprint density at radius 3 is 2.85 bits per heavy atom. The van der Waals surface area contributed by atoms with Crippen molar-refractivity contribution in [2.45, 2.75) is 6.54 Å². The molecular formula is C14H16N2O3S. The zero-order chi connectivity index (χ0) is 14.5. The first-order chi connectivity index (χ1) is 9.56. The molecule has 1 heterocycles. The largest absolute Gasteiger partial charge is 0.480 e. The van der Waals surface area contributed by atoms with Crippen LogP contribution in [-0.2, 0) is 16.1 Å². The van der Waals surface area contributed by atoms with Crippen molar-refractivity contribution in [3.05, 3.63) is 35.2 Å². The Bertz CT molecular complexity index is 624. The molecule has 1 aromatic carbocycles. The number of hydrogen-bond donors (Lipinski definition) is 2. The van der Waals surface area contributed by atoms with Crippen LogP contribution in [-0.4, -0.2) is 42.0 Å². The summed E-state index contributed by atoms with van der Waals surface area (Å²) in [7, 11) is 1.84. The lowest BCUT2D eigenvalue weighted by Gasteiger charge is -2.15. The quantitative estimate of drug-likeness (QED) is 0.847. The predicted molar refractivity (Wildman–Crippen MR) is 78.8 cm³/mol. The standard InChI is InChI=1S/C14H16N2O3S/c1-16(8-13(17)15-6-14(18)19)7-10-9-20-12-5-3-2-4-11(10)12/h2-5,9H,6-8H2,1H3,(H,15,17)(H,18,19). The molecule has 0 aliphatic rings. The topological polar surface area (TPSA) is 69.6 Å². The molecule has 0 saturated heterocycles. The highest BCUT2D eigenvalue weighted by Crippen LogP contribution is 2.26. The summed E-state index contributed by atoms with van der Waals surface area (Å²) in [4.78, 5) is 23.8. The van der Waals surface area contributed by atoms with Gasteiger partial charge in [-0.3, -0.25) is 14.5 Å². The fraction of sp³-hybridized carbons (Fsp3) is 0.286. The van der Waals surface area contributed by atoms with E-state index < -0.39 is 5.97 Å². The third kappa shape index (κ3) is 3.79. The van der Waals surface area contributed by atoms with Gasteiger partial charge in [0.05, 0.1) is 6.54 Å². The van der Waals surface area contributed by atoms with Gasteiger partial charge in [0.2, 0.25) is 5.91 Å². The molecule has 1 aromatic heterocycles. The third-order valence-corrected chi connectivity index (χ3v) is 3.86. The Labute approximate surface area is 120 Å². The number of benzene rings is 1. The molecule has 2 aromatic rings. The van der Waals surface area contributed by atoms with Crippen LogP contribution in [0.3, 0.4) is 0 Å². The Hall–Kier alpha value is -1.92. The van der Waals surface area contributed by atoms with Crippen molar-refractivity contribution >= 4 is 33.3 Å². The summed E-state index contributed by atoms with van der Waals surface area (Å²) in [5.41, 5.74) is 1.18. The van der Waals surface area contributed by atoms with Crippen LogP contribution in [0.25, 0.3) is 10.1 Å². The second kappa shape index (κ2) is 6.49. The molecule has 0 spiro atoms. The Morgan fingerprint density at radius 2 is 2.10 bits per heavy atom. The van der Waals surface area contributed by atoms with Crippen LogP contribution in [0.2, 0.25) is 0 Å². The van der Waals surface area contributed by atoms with Crippen LogP contribution in [0.15, 0.2) is 29.6 Å². The van der Waals surface area contributed by atoms with E-state index in [0.717, 1.165) is 0 Å². The fourth-order valence-corrected chi connectivity index (χ4v) is 2.93. The van der Waals surface area contributed by atoms with Crippen molar-refractivity contribution in [3.63, 3.8) is 0 Å². The molecule has 0 atom stereocenters. The number of nitrogens with one attached hydrogen (secondary N) is 1. The summed E-state index contributed by atoms with van der Waals surface area (Å²) in [5.74, 6) is -1.32. The smallest absolute Gasteiger partial charge is 0.322 e. The molecule has 0 radical (unpaired) electrons.